The second-order valence-electron chi connectivity index (χ2n) is 3.61. The Morgan fingerprint density at radius 3 is 2.33 bits per heavy atom. The number of carbonyl (C=O) groups excluding carboxylic acids is 2. The lowest BCUT2D eigenvalue weighted by molar-refractivity contribution is -0.124. The van der Waals surface area contributed by atoms with Crippen molar-refractivity contribution >= 4 is 12.1 Å². The van der Waals surface area contributed by atoms with E-state index in [4.69, 9.17) is 0 Å². The van der Waals surface area contributed by atoms with Crippen LogP contribution in [0.4, 0.5) is 0 Å². The van der Waals surface area contributed by atoms with Crippen LogP contribution in [0.25, 0.3) is 0 Å². The zero-order chi connectivity index (χ0) is 9.61. The van der Waals surface area contributed by atoms with Gasteiger partial charge in [0.1, 0.15) is 5.78 Å². The highest BCUT2D eigenvalue weighted by molar-refractivity contribution is 5.97. The molecule has 0 heterocycles. The van der Waals surface area contributed by atoms with Gasteiger partial charge < -0.3 is 0 Å². The smallest absolute Gasteiger partial charge is 0.212 e. The molecule has 0 rings (SSSR count). The Morgan fingerprint density at radius 2 is 1.92 bits per heavy atom. The average molecular weight is 169 g/mol. The van der Waals surface area contributed by atoms with Gasteiger partial charge in [-0.1, -0.05) is 19.8 Å². The zero-order valence-electron chi connectivity index (χ0n) is 8.14. The molecule has 0 saturated carbocycles. The van der Waals surface area contributed by atoms with Gasteiger partial charge in [0, 0.05) is 6.42 Å². The van der Waals surface area contributed by atoms with E-state index in [1.807, 2.05) is 0 Å². The van der Waals surface area contributed by atoms with E-state index in [-0.39, 0.29) is 5.78 Å². The van der Waals surface area contributed by atoms with E-state index in [2.05, 4.69) is 6.92 Å². The first kappa shape index (κ1) is 11.3. The number of hydrogen-bond acceptors (Lipinski definition) is 2. The van der Waals surface area contributed by atoms with E-state index in [9.17, 15) is 9.59 Å². The Hall–Kier alpha value is -0.660. The van der Waals surface area contributed by atoms with Crippen molar-refractivity contribution < 1.29 is 9.59 Å². The molecule has 2 heteroatoms. The van der Waals surface area contributed by atoms with Gasteiger partial charge in [0.2, 0.25) is 6.29 Å². The molecule has 0 aromatic carbocycles. The maximum atomic E-state index is 11.3. The first-order valence-corrected chi connectivity index (χ1v) is 4.47. The van der Waals surface area contributed by atoms with Gasteiger partial charge in [-0.25, -0.2) is 0 Å². The van der Waals surface area contributed by atoms with Crippen LogP contribution in [0.1, 0.15) is 46.5 Å². The SMILES string of the molecule is CCCCCC(=O)C(C)(C)[C]=O. The summed E-state index contributed by atoms with van der Waals surface area (Å²) in [7, 11) is 0. The summed E-state index contributed by atoms with van der Waals surface area (Å²) in [6, 6.07) is 0. The third kappa shape index (κ3) is 3.65. The molecule has 1 radical (unpaired) electrons. The summed E-state index contributed by atoms with van der Waals surface area (Å²) in [5, 5.41) is 0. The van der Waals surface area contributed by atoms with Gasteiger partial charge in [-0.05, 0) is 20.3 Å². The summed E-state index contributed by atoms with van der Waals surface area (Å²) < 4.78 is 0. The lowest BCUT2D eigenvalue weighted by Gasteiger charge is -2.13. The maximum absolute atomic E-state index is 11.3. The van der Waals surface area contributed by atoms with Crippen LogP contribution in [0.3, 0.4) is 0 Å². The van der Waals surface area contributed by atoms with Crippen LogP contribution in [0.15, 0.2) is 0 Å². The van der Waals surface area contributed by atoms with Crippen molar-refractivity contribution in [1.82, 2.24) is 0 Å². The van der Waals surface area contributed by atoms with E-state index < -0.39 is 5.41 Å². The van der Waals surface area contributed by atoms with Gasteiger partial charge in [0.05, 0.1) is 5.41 Å². The molecule has 2 nitrogen and oxygen atoms in total. The molecule has 0 spiro atoms. The van der Waals surface area contributed by atoms with Crippen LogP contribution in [-0.4, -0.2) is 12.1 Å². The topological polar surface area (TPSA) is 34.1 Å². The summed E-state index contributed by atoms with van der Waals surface area (Å²) in [6.07, 6.45) is 5.32. The molecule has 12 heavy (non-hydrogen) atoms. The van der Waals surface area contributed by atoms with Gasteiger partial charge in [-0.2, -0.15) is 0 Å². The van der Waals surface area contributed by atoms with Crippen LogP contribution in [0, 0.1) is 5.41 Å². The Balaban J connectivity index is 3.79. The molecule has 0 aromatic rings. The molecule has 0 aliphatic rings. The van der Waals surface area contributed by atoms with Crippen LogP contribution in [0.5, 0.6) is 0 Å². The van der Waals surface area contributed by atoms with Crippen molar-refractivity contribution in [1.29, 1.82) is 0 Å². The van der Waals surface area contributed by atoms with Crippen LogP contribution >= 0.6 is 0 Å². The Kier molecular flexibility index (Phi) is 4.79. The number of ketones is 1. The molecule has 0 aliphatic heterocycles. The Labute approximate surface area is 74.3 Å². The molecule has 0 fully saturated rings. The zero-order valence-corrected chi connectivity index (χ0v) is 8.14. The van der Waals surface area contributed by atoms with E-state index in [0.717, 1.165) is 19.3 Å². The minimum Gasteiger partial charge on any atom is -0.299 e. The number of unbranched alkanes of at least 4 members (excludes halogenated alkanes) is 2. The first-order chi connectivity index (χ1) is 5.54. The van der Waals surface area contributed by atoms with Gasteiger partial charge >= 0.3 is 0 Å². The summed E-state index contributed by atoms with van der Waals surface area (Å²) in [5.41, 5.74) is -0.895. The fourth-order valence-electron chi connectivity index (χ4n) is 0.905. The van der Waals surface area contributed by atoms with Crippen molar-refractivity contribution in [3.63, 3.8) is 0 Å². The van der Waals surface area contributed by atoms with Crippen molar-refractivity contribution in [2.24, 2.45) is 5.41 Å². The molecule has 0 amide bonds. The predicted octanol–water partition coefficient (Wildman–Crippen LogP) is 2.27. The Bertz CT molecular complexity index is 159. The van der Waals surface area contributed by atoms with Crippen LogP contribution in [-0.2, 0) is 9.59 Å². The molecule has 0 N–H and O–H groups in total. The molecular formula is C10H17O2. The highest BCUT2D eigenvalue weighted by Crippen LogP contribution is 2.16. The molecule has 0 saturated heterocycles. The minimum atomic E-state index is -0.895. The molecule has 69 valence electrons. The lowest BCUT2D eigenvalue weighted by atomic mass is 9.87. The molecule has 0 aliphatic carbocycles. The quantitative estimate of drug-likeness (QED) is 0.451. The van der Waals surface area contributed by atoms with Crippen molar-refractivity contribution in [3.05, 3.63) is 0 Å². The highest BCUT2D eigenvalue weighted by atomic mass is 16.1. The maximum Gasteiger partial charge on any atom is 0.212 e. The molecule has 0 bridgehead atoms. The van der Waals surface area contributed by atoms with Crippen LogP contribution < -0.4 is 0 Å². The Morgan fingerprint density at radius 1 is 1.33 bits per heavy atom. The number of carbonyl (C=O) groups is 1. The molecule has 0 atom stereocenters. The third-order valence-electron chi connectivity index (χ3n) is 1.96. The second-order valence-corrected chi connectivity index (χ2v) is 3.61. The number of rotatable bonds is 6. The third-order valence-corrected chi connectivity index (χ3v) is 1.96. The van der Waals surface area contributed by atoms with Gasteiger partial charge in [-0.15, -0.1) is 0 Å². The first-order valence-electron chi connectivity index (χ1n) is 4.47. The normalized spacial score (nSPS) is 11.2. The van der Waals surface area contributed by atoms with Gasteiger partial charge in [0.25, 0.3) is 0 Å². The second kappa shape index (κ2) is 5.07. The fraction of sp³-hybridized carbons (Fsp3) is 0.800. The van der Waals surface area contributed by atoms with Crippen molar-refractivity contribution in [3.8, 4) is 0 Å². The molecular weight excluding hydrogens is 152 g/mol. The molecule has 0 aromatic heterocycles. The highest BCUT2D eigenvalue weighted by Gasteiger charge is 2.26. The van der Waals surface area contributed by atoms with E-state index in [1.54, 1.807) is 20.1 Å². The van der Waals surface area contributed by atoms with Gasteiger partial charge in [-0.3, -0.25) is 9.59 Å². The summed E-state index contributed by atoms with van der Waals surface area (Å²) >= 11 is 0. The standard InChI is InChI=1S/C10H17O2/c1-4-5-6-7-9(12)10(2,3)8-11/h4-7H2,1-3H3. The summed E-state index contributed by atoms with van der Waals surface area (Å²) in [4.78, 5) is 21.7. The van der Waals surface area contributed by atoms with Crippen molar-refractivity contribution in [2.75, 3.05) is 0 Å². The summed E-state index contributed by atoms with van der Waals surface area (Å²) in [6.45, 7) is 5.32. The fourth-order valence-corrected chi connectivity index (χ4v) is 0.905. The summed E-state index contributed by atoms with van der Waals surface area (Å²) in [5.74, 6) is 0.00551. The average Bonchev–Trinajstić information content (AvgIpc) is 2.05. The number of hydrogen-bond donors (Lipinski definition) is 0. The number of Topliss-reactive ketones (excluding diaryl/α,β-unsaturated/α-hetero) is 1. The minimum absolute atomic E-state index is 0.00551. The van der Waals surface area contributed by atoms with Gasteiger partial charge in [0.15, 0.2) is 0 Å². The predicted molar refractivity (Wildman–Crippen MR) is 48.6 cm³/mol. The largest absolute Gasteiger partial charge is 0.299 e. The lowest BCUT2D eigenvalue weighted by Crippen LogP contribution is -2.25. The van der Waals surface area contributed by atoms with E-state index in [0.29, 0.717) is 6.42 Å². The van der Waals surface area contributed by atoms with E-state index >= 15 is 0 Å². The van der Waals surface area contributed by atoms with Crippen molar-refractivity contribution in [2.45, 2.75) is 46.5 Å². The molecule has 0 unspecified atom stereocenters. The van der Waals surface area contributed by atoms with E-state index in [1.165, 1.54) is 0 Å². The monoisotopic (exact) mass is 169 g/mol. The van der Waals surface area contributed by atoms with Crippen LogP contribution in [0.2, 0.25) is 0 Å².